The Morgan fingerprint density at radius 2 is 1.81 bits per heavy atom. The summed E-state index contributed by atoms with van der Waals surface area (Å²) in [6.07, 6.45) is 1.24. The minimum Gasteiger partial charge on any atom is -0.465 e. The summed E-state index contributed by atoms with van der Waals surface area (Å²) >= 11 is 0. The van der Waals surface area contributed by atoms with Gasteiger partial charge in [-0.3, -0.25) is 14.3 Å². The average molecular weight is 509 g/mol. The van der Waals surface area contributed by atoms with Gasteiger partial charge in [0, 0.05) is 37.8 Å². The van der Waals surface area contributed by atoms with Gasteiger partial charge in [0.15, 0.2) is 11.6 Å². The number of carbonyl (C=O) groups excluding carboxylic acids is 1. The molecule has 0 saturated carbocycles. The fraction of sp³-hybridized carbons (Fsp3) is 0.208. The molecule has 0 spiro atoms. The number of para-hydroxylation sites is 1. The van der Waals surface area contributed by atoms with E-state index in [1.807, 2.05) is 4.90 Å². The zero-order valence-corrected chi connectivity index (χ0v) is 19.5. The molecular weight excluding hydrogens is 488 g/mol. The maximum atomic E-state index is 14.3. The largest absolute Gasteiger partial charge is 0.465 e. The highest BCUT2D eigenvalue weighted by atomic mass is 19.1. The zero-order chi connectivity index (χ0) is 26.3. The monoisotopic (exact) mass is 509 g/mol. The minimum absolute atomic E-state index is 0.244. The number of halogens is 2. The number of rotatable bonds is 5. The van der Waals surface area contributed by atoms with Gasteiger partial charge in [-0.15, -0.1) is 0 Å². The van der Waals surface area contributed by atoms with Gasteiger partial charge < -0.3 is 20.6 Å². The molecule has 2 amide bonds. The van der Waals surface area contributed by atoms with E-state index in [0.29, 0.717) is 41.1 Å². The van der Waals surface area contributed by atoms with Gasteiger partial charge in [-0.2, -0.15) is 14.9 Å². The van der Waals surface area contributed by atoms with E-state index in [1.165, 1.54) is 0 Å². The Kier molecular flexibility index (Phi) is 6.03. The average Bonchev–Trinajstić information content (AvgIpc) is 3.45. The quantitative estimate of drug-likeness (QED) is 0.376. The van der Waals surface area contributed by atoms with E-state index in [-0.39, 0.29) is 11.7 Å². The zero-order valence-electron chi connectivity index (χ0n) is 19.5. The SMILES string of the molecule is Cn1cc2c(N3CC[C@@H](NC(=O)O)C3)c(NC(=O)c3ccc(=O)n(-c4c(F)cccc4F)n3)ccc2n1. The molecule has 0 aliphatic carbocycles. The first-order chi connectivity index (χ1) is 17.7. The van der Waals surface area contributed by atoms with Crippen LogP contribution in [0.5, 0.6) is 0 Å². The van der Waals surface area contributed by atoms with Crippen LogP contribution in [0, 0.1) is 11.6 Å². The minimum atomic E-state index is -1.12. The van der Waals surface area contributed by atoms with E-state index in [9.17, 15) is 23.2 Å². The van der Waals surface area contributed by atoms with Crippen molar-refractivity contribution >= 4 is 34.3 Å². The summed E-state index contributed by atoms with van der Waals surface area (Å²) in [7, 11) is 1.76. The second kappa shape index (κ2) is 9.33. The molecule has 1 aliphatic rings. The summed E-state index contributed by atoms with van der Waals surface area (Å²) in [4.78, 5) is 38.6. The van der Waals surface area contributed by atoms with Crippen molar-refractivity contribution in [2.45, 2.75) is 12.5 Å². The highest BCUT2D eigenvalue weighted by Gasteiger charge is 2.28. The number of hydrogen-bond acceptors (Lipinski definition) is 6. The Balaban J connectivity index is 1.51. The Bertz CT molecular complexity index is 1580. The number of fused-ring (bicyclic) bond motifs is 1. The molecule has 0 bridgehead atoms. The van der Waals surface area contributed by atoms with Gasteiger partial charge in [0.25, 0.3) is 11.5 Å². The Hall–Kier alpha value is -4.81. The normalized spacial score (nSPS) is 15.2. The van der Waals surface area contributed by atoms with E-state index < -0.39 is 34.9 Å². The highest BCUT2D eigenvalue weighted by Crippen LogP contribution is 2.36. The molecule has 0 unspecified atom stereocenters. The number of anilines is 2. The fourth-order valence-corrected chi connectivity index (χ4v) is 4.47. The molecule has 1 atom stereocenters. The topological polar surface area (TPSA) is 134 Å². The number of nitrogens with one attached hydrogen (secondary N) is 2. The van der Waals surface area contributed by atoms with Gasteiger partial charge in [0.1, 0.15) is 11.4 Å². The van der Waals surface area contributed by atoms with Crippen LogP contribution in [-0.4, -0.2) is 55.8 Å². The van der Waals surface area contributed by atoms with Gasteiger partial charge in [0.05, 0.1) is 22.9 Å². The summed E-state index contributed by atoms with van der Waals surface area (Å²) in [5.74, 6) is -2.72. The van der Waals surface area contributed by atoms with Crippen LogP contribution >= 0.6 is 0 Å². The number of carbonyl (C=O) groups is 2. The van der Waals surface area contributed by atoms with Crippen LogP contribution in [-0.2, 0) is 7.05 Å². The molecule has 0 radical (unpaired) electrons. The summed E-state index contributed by atoms with van der Waals surface area (Å²) < 4.78 is 30.7. The number of carboxylic acid groups (broad SMARTS) is 1. The Labute approximate surface area is 207 Å². The molecule has 190 valence electrons. The molecule has 1 fully saturated rings. The van der Waals surface area contributed by atoms with Crippen molar-refractivity contribution in [2.24, 2.45) is 7.05 Å². The second-order valence-corrected chi connectivity index (χ2v) is 8.57. The van der Waals surface area contributed by atoms with Gasteiger partial charge in [-0.1, -0.05) is 6.07 Å². The van der Waals surface area contributed by atoms with Crippen molar-refractivity contribution in [1.29, 1.82) is 0 Å². The number of aromatic nitrogens is 4. The number of benzene rings is 2. The Morgan fingerprint density at radius 1 is 1.05 bits per heavy atom. The van der Waals surface area contributed by atoms with Crippen molar-refractivity contribution in [3.63, 3.8) is 0 Å². The number of aryl methyl sites for hydroxylation is 1. The van der Waals surface area contributed by atoms with E-state index >= 15 is 0 Å². The van der Waals surface area contributed by atoms with Crippen LogP contribution in [0.25, 0.3) is 16.6 Å². The molecule has 2 aromatic carbocycles. The molecular formula is C24H21F2N7O4. The summed E-state index contributed by atoms with van der Waals surface area (Å²) in [5, 5.41) is 23.4. The van der Waals surface area contributed by atoms with Crippen LogP contribution in [0.2, 0.25) is 0 Å². The molecule has 3 N–H and O–H groups in total. The molecule has 1 saturated heterocycles. The lowest BCUT2D eigenvalue weighted by Gasteiger charge is -2.23. The Morgan fingerprint density at radius 3 is 2.54 bits per heavy atom. The lowest BCUT2D eigenvalue weighted by Crippen LogP contribution is -2.36. The van der Waals surface area contributed by atoms with Crippen molar-refractivity contribution in [1.82, 2.24) is 24.9 Å². The van der Waals surface area contributed by atoms with E-state index in [2.05, 4.69) is 20.8 Å². The first-order valence-corrected chi connectivity index (χ1v) is 11.3. The van der Waals surface area contributed by atoms with Crippen LogP contribution in [0.1, 0.15) is 16.9 Å². The summed E-state index contributed by atoms with van der Waals surface area (Å²) in [6.45, 7) is 0.899. The highest BCUT2D eigenvalue weighted by molar-refractivity contribution is 6.08. The van der Waals surface area contributed by atoms with Crippen LogP contribution in [0.15, 0.2) is 53.5 Å². The second-order valence-electron chi connectivity index (χ2n) is 8.57. The molecule has 13 heteroatoms. The molecule has 37 heavy (non-hydrogen) atoms. The number of hydrogen-bond donors (Lipinski definition) is 3. The van der Waals surface area contributed by atoms with E-state index in [4.69, 9.17) is 5.11 Å². The maximum absolute atomic E-state index is 14.3. The maximum Gasteiger partial charge on any atom is 0.404 e. The van der Waals surface area contributed by atoms with Crippen LogP contribution < -0.4 is 21.1 Å². The molecule has 5 rings (SSSR count). The summed E-state index contributed by atoms with van der Waals surface area (Å²) in [5.41, 5.74) is -0.0286. The first-order valence-electron chi connectivity index (χ1n) is 11.3. The van der Waals surface area contributed by atoms with Gasteiger partial charge >= 0.3 is 6.09 Å². The first kappa shape index (κ1) is 23.9. The predicted molar refractivity (Wildman–Crippen MR) is 130 cm³/mol. The van der Waals surface area contributed by atoms with E-state index in [1.54, 1.807) is 30.1 Å². The lowest BCUT2D eigenvalue weighted by atomic mass is 10.1. The molecule has 11 nitrogen and oxygen atoms in total. The van der Waals surface area contributed by atoms with E-state index in [0.717, 1.165) is 35.7 Å². The summed E-state index contributed by atoms with van der Waals surface area (Å²) in [6, 6.07) is 8.37. The van der Waals surface area contributed by atoms with Crippen LogP contribution in [0.4, 0.5) is 25.0 Å². The fourth-order valence-electron chi connectivity index (χ4n) is 4.47. The van der Waals surface area contributed by atoms with Gasteiger partial charge in [0.2, 0.25) is 0 Å². The third-order valence-corrected chi connectivity index (χ3v) is 6.04. The molecule has 3 heterocycles. The van der Waals surface area contributed by atoms with Crippen LogP contribution in [0.3, 0.4) is 0 Å². The van der Waals surface area contributed by atoms with Crippen molar-refractivity contribution in [3.8, 4) is 5.69 Å². The van der Waals surface area contributed by atoms with Crippen molar-refractivity contribution < 1.29 is 23.5 Å². The number of nitrogens with zero attached hydrogens (tertiary/aromatic N) is 5. The standard InChI is InChI=1S/C24H21F2N7O4/c1-31-12-14-17(29-31)5-6-18(21(14)32-10-9-13(11-32)27-24(36)37)28-23(35)19-7-8-20(34)33(30-19)22-15(25)3-2-4-16(22)26/h2-8,12-13,27H,9-11H2,1H3,(H,28,35)(H,36,37)/t13-/m1/s1. The third kappa shape index (κ3) is 4.58. The van der Waals surface area contributed by atoms with Gasteiger partial charge in [-0.05, 0) is 36.8 Å². The molecule has 2 aromatic heterocycles. The third-order valence-electron chi connectivity index (χ3n) is 6.04. The van der Waals surface area contributed by atoms with Crippen molar-refractivity contribution in [2.75, 3.05) is 23.3 Å². The smallest absolute Gasteiger partial charge is 0.404 e. The predicted octanol–water partition coefficient (Wildman–Crippen LogP) is 2.50. The lowest BCUT2D eigenvalue weighted by molar-refractivity contribution is 0.102. The number of amides is 2. The van der Waals surface area contributed by atoms with Crippen molar-refractivity contribution in [3.05, 3.63) is 76.3 Å². The van der Waals surface area contributed by atoms with Gasteiger partial charge in [-0.25, -0.2) is 13.6 Å². The molecule has 4 aromatic rings. The molecule has 1 aliphatic heterocycles.